The van der Waals surface area contributed by atoms with Gasteiger partial charge in [0, 0.05) is 38.1 Å². The van der Waals surface area contributed by atoms with Crippen molar-refractivity contribution in [1.82, 2.24) is 14.1 Å². The van der Waals surface area contributed by atoms with E-state index >= 15 is 0 Å². The Bertz CT molecular complexity index is 1400. The van der Waals surface area contributed by atoms with Crippen LogP contribution < -0.4 is 0 Å². The van der Waals surface area contributed by atoms with Crippen molar-refractivity contribution < 1.29 is 21.9 Å². The van der Waals surface area contributed by atoms with Crippen LogP contribution in [0.5, 0.6) is 0 Å². The Labute approximate surface area is 210 Å². The monoisotopic (exact) mass is 513 g/mol. The quantitative estimate of drug-likeness (QED) is 0.404. The Kier molecular flexibility index (Phi) is 6.80. The average Bonchev–Trinajstić information content (AvgIpc) is 3.47. The molecular formula is C27H29F2N3O3S. The maximum Gasteiger partial charge on any atom is 0.246 e. The molecule has 0 saturated carbocycles. The summed E-state index contributed by atoms with van der Waals surface area (Å²) in [7, 11) is -2.51. The van der Waals surface area contributed by atoms with Gasteiger partial charge in [0.2, 0.25) is 10.0 Å². The second kappa shape index (κ2) is 9.88. The maximum absolute atomic E-state index is 14.5. The summed E-state index contributed by atoms with van der Waals surface area (Å²) in [6.07, 6.45) is 4.29. The molecule has 5 rings (SSSR count). The minimum Gasteiger partial charge on any atom is -0.383 e. The summed E-state index contributed by atoms with van der Waals surface area (Å²) >= 11 is 0. The van der Waals surface area contributed by atoms with Gasteiger partial charge in [0.05, 0.1) is 24.2 Å². The van der Waals surface area contributed by atoms with Gasteiger partial charge in [0.25, 0.3) is 0 Å². The second-order valence-electron chi connectivity index (χ2n) is 9.41. The average molecular weight is 514 g/mol. The normalized spacial score (nSPS) is 19.6. The fraction of sp³-hybridized carbons (Fsp3) is 0.370. The third-order valence-corrected chi connectivity index (χ3v) is 9.25. The topological polar surface area (TPSA) is 64.4 Å². The summed E-state index contributed by atoms with van der Waals surface area (Å²) in [6, 6.07) is 11.8. The molecule has 6 nitrogen and oxygen atoms in total. The van der Waals surface area contributed by atoms with E-state index in [0.29, 0.717) is 0 Å². The number of halogens is 2. The van der Waals surface area contributed by atoms with Crippen LogP contribution in [0, 0.1) is 17.6 Å². The van der Waals surface area contributed by atoms with Gasteiger partial charge in [-0.2, -0.15) is 9.40 Å². The van der Waals surface area contributed by atoms with Crippen LogP contribution in [0.3, 0.4) is 0 Å². The molecule has 0 unspecified atom stereocenters. The van der Waals surface area contributed by atoms with Crippen LogP contribution in [0.15, 0.2) is 70.8 Å². The van der Waals surface area contributed by atoms with Gasteiger partial charge in [-0.1, -0.05) is 30.2 Å². The van der Waals surface area contributed by atoms with E-state index in [1.165, 1.54) is 59.0 Å². The predicted molar refractivity (Wildman–Crippen MR) is 132 cm³/mol. The Morgan fingerprint density at radius 3 is 2.61 bits per heavy atom. The van der Waals surface area contributed by atoms with Crippen molar-refractivity contribution in [2.24, 2.45) is 5.92 Å². The van der Waals surface area contributed by atoms with Crippen LogP contribution in [-0.4, -0.2) is 49.3 Å². The minimum atomic E-state index is -4.03. The number of rotatable bonds is 8. The molecule has 190 valence electrons. The van der Waals surface area contributed by atoms with Crippen LogP contribution >= 0.6 is 0 Å². The minimum absolute atomic E-state index is 0.0238. The van der Waals surface area contributed by atoms with E-state index in [2.05, 4.69) is 12.0 Å². The number of nitrogens with zero attached hydrogens (tertiary/aromatic N) is 3. The van der Waals surface area contributed by atoms with E-state index in [1.807, 2.05) is 10.9 Å². The number of allylic oxidation sites excluding steroid dienone is 1. The number of benzene rings is 2. The van der Waals surface area contributed by atoms with E-state index in [1.54, 1.807) is 12.1 Å². The van der Waals surface area contributed by atoms with E-state index in [0.717, 1.165) is 36.2 Å². The molecule has 2 aromatic carbocycles. The first kappa shape index (κ1) is 24.8. The third kappa shape index (κ3) is 4.40. The molecule has 0 saturated heterocycles. The number of sulfonamides is 1. The van der Waals surface area contributed by atoms with Gasteiger partial charge >= 0.3 is 0 Å². The number of ether oxygens (including phenoxy) is 1. The zero-order valence-electron chi connectivity index (χ0n) is 20.3. The summed E-state index contributed by atoms with van der Waals surface area (Å²) in [5.41, 5.74) is 5.56. The Morgan fingerprint density at radius 2 is 1.89 bits per heavy atom. The lowest BCUT2D eigenvalue weighted by Gasteiger charge is -2.30. The molecule has 0 radical (unpaired) electrons. The molecule has 0 aliphatic heterocycles. The lowest BCUT2D eigenvalue weighted by Crippen LogP contribution is -2.38. The van der Waals surface area contributed by atoms with Crippen molar-refractivity contribution >= 4 is 10.0 Å². The van der Waals surface area contributed by atoms with Crippen molar-refractivity contribution in [3.63, 3.8) is 0 Å². The van der Waals surface area contributed by atoms with E-state index in [4.69, 9.17) is 4.74 Å². The van der Waals surface area contributed by atoms with Crippen molar-refractivity contribution in [2.45, 2.75) is 37.0 Å². The summed E-state index contributed by atoms with van der Waals surface area (Å²) in [5, 5.41) is 4.59. The Balaban J connectivity index is 1.43. The molecule has 2 aliphatic rings. The Hall–Kier alpha value is -2.88. The first-order valence-corrected chi connectivity index (χ1v) is 13.5. The number of hydrogen-bond donors (Lipinski definition) is 0. The molecule has 1 aromatic heterocycles. The van der Waals surface area contributed by atoms with Crippen LogP contribution in [0.25, 0.3) is 5.69 Å². The molecule has 2 atom stereocenters. The second-order valence-corrected chi connectivity index (χ2v) is 11.3. The zero-order valence-corrected chi connectivity index (χ0v) is 21.1. The summed E-state index contributed by atoms with van der Waals surface area (Å²) in [5.74, 6) is -0.947. The highest BCUT2D eigenvalue weighted by Crippen LogP contribution is 2.47. The highest BCUT2D eigenvalue weighted by atomic mass is 32.2. The van der Waals surface area contributed by atoms with Gasteiger partial charge in [-0.05, 0) is 55.2 Å². The third-order valence-electron chi connectivity index (χ3n) is 7.35. The van der Waals surface area contributed by atoms with Crippen LogP contribution in [0.4, 0.5) is 8.78 Å². The van der Waals surface area contributed by atoms with E-state index in [9.17, 15) is 17.2 Å². The van der Waals surface area contributed by atoms with Gasteiger partial charge in [0.15, 0.2) is 0 Å². The largest absolute Gasteiger partial charge is 0.383 e. The standard InChI is InChI=1S/C27H29F2N3O3S/c1-18-23-16-30-32(22-11-9-21(28)10-12-22)25(23)15-19-7-8-20(27(18)19)17-31(13-14-35-2)36(33,34)26-6-4-3-5-24(26)29/h3-6,9-12,16,18,20H,7-8,13-15,17H2,1-2H3/t18-,20+/m0/s1. The van der Waals surface area contributed by atoms with Gasteiger partial charge in [-0.15, -0.1) is 0 Å². The smallest absolute Gasteiger partial charge is 0.246 e. The van der Waals surface area contributed by atoms with Crippen molar-refractivity contribution in [2.75, 3.05) is 26.8 Å². The van der Waals surface area contributed by atoms with E-state index < -0.39 is 15.8 Å². The van der Waals surface area contributed by atoms with Gasteiger partial charge in [0.1, 0.15) is 16.5 Å². The van der Waals surface area contributed by atoms with Crippen molar-refractivity contribution in [3.05, 3.63) is 88.8 Å². The summed E-state index contributed by atoms with van der Waals surface area (Å²) in [4.78, 5) is -0.312. The van der Waals surface area contributed by atoms with Crippen molar-refractivity contribution in [3.8, 4) is 5.69 Å². The molecule has 0 spiro atoms. The summed E-state index contributed by atoms with van der Waals surface area (Å²) < 4.78 is 63.2. The molecule has 0 fully saturated rings. The van der Waals surface area contributed by atoms with E-state index in [-0.39, 0.29) is 42.2 Å². The molecule has 0 N–H and O–H groups in total. The lowest BCUT2D eigenvalue weighted by atomic mass is 9.80. The van der Waals surface area contributed by atoms with Gasteiger partial charge in [-0.25, -0.2) is 21.9 Å². The maximum atomic E-state index is 14.5. The SMILES string of the molecule is COCCN(C[C@H]1CCC2=C1[C@@H](C)c1cnn(-c3ccc(F)cc3)c1C2)S(=O)(=O)c1ccccc1F. The molecule has 2 aliphatic carbocycles. The van der Waals surface area contributed by atoms with Crippen molar-refractivity contribution in [1.29, 1.82) is 0 Å². The molecule has 1 heterocycles. The highest BCUT2D eigenvalue weighted by Gasteiger charge is 2.39. The molecule has 0 amide bonds. The van der Waals surface area contributed by atoms with Gasteiger partial charge in [-0.3, -0.25) is 0 Å². The zero-order chi connectivity index (χ0) is 25.4. The number of aromatic nitrogens is 2. The number of fused-ring (bicyclic) bond motifs is 1. The number of hydrogen-bond acceptors (Lipinski definition) is 4. The van der Waals surface area contributed by atoms with Crippen LogP contribution in [0.2, 0.25) is 0 Å². The first-order valence-electron chi connectivity index (χ1n) is 12.1. The molecule has 36 heavy (non-hydrogen) atoms. The predicted octanol–water partition coefficient (Wildman–Crippen LogP) is 4.85. The van der Waals surface area contributed by atoms with Crippen LogP contribution in [-0.2, 0) is 21.2 Å². The molecule has 3 aromatic rings. The fourth-order valence-electron chi connectivity index (χ4n) is 5.62. The fourth-order valence-corrected chi connectivity index (χ4v) is 7.15. The van der Waals surface area contributed by atoms with Crippen LogP contribution in [0.1, 0.15) is 36.9 Å². The molecule has 9 heteroatoms. The molecular weight excluding hydrogens is 484 g/mol. The molecule has 0 bridgehead atoms. The lowest BCUT2D eigenvalue weighted by molar-refractivity contribution is 0.175. The first-order chi connectivity index (χ1) is 17.3. The number of methoxy groups -OCH3 is 1. The highest BCUT2D eigenvalue weighted by molar-refractivity contribution is 7.89. The van der Waals surface area contributed by atoms with Gasteiger partial charge < -0.3 is 4.74 Å². The Morgan fingerprint density at radius 1 is 1.14 bits per heavy atom. The summed E-state index contributed by atoms with van der Waals surface area (Å²) in [6.45, 7) is 2.77.